The number of amides is 2. The summed E-state index contributed by atoms with van der Waals surface area (Å²) in [5, 5.41) is 2.29. The van der Waals surface area contributed by atoms with Crippen molar-refractivity contribution in [3.05, 3.63) is 69.7 Å². The first kappa shape index (κ1) is 28.0. The first-order valence-electron chi connectivity index (χ1n) is 7.35. The molecule has 0 radical (unpaired) electrons. The smallest absolute Gasteiger partial charge is 0.267 e. The number of halogens is 5. The molecule has 1 N–H and O–H groups in total. The highest BCUT2D eigenvalue weighted by Gasteiger charge is 2.29. The Morgan fingerprint density at radius 2 is 1.41 bits per heavy atom. The number of carbonyl (C=O) groups is 2. The Balaban J connectivity index is 0. The van der Waals surface area contributed by atoms with E-state index < -0.39 is 11.4 Å². The van der Waals surface area contributed by atoms with Crippen molar-refractivity contribution in [2.24, 2.45) is 0 Å². The van der Waals surface area contributed by atoms with Gasteiger partial charge in [0.1, 0.15) is 0 Å². The van der Waals surface area contributed by atoms with E-state index in [1.165, 1.54) is 5.01 Å². The van der Waals surface area contributed by atoms with E-state index in [0.29, 0.717) is 21.2 Å². The number of benzene rings is 2. The lowest BCUT2D eigenvalue weighted by molar-refractivity contribution is 0.0358. The number of hydrogen-bond acceptors (Lipinski definition) is 2. The third-order valence-electron chi connectivity index (χ3n) is 3.27. The Morgan fingerprint density at radius 1 is 0.852 bits per heavy atom. The molecule has 0 bridgehead atoms. The van der Waals surface area contributed by atoms with Gasteiger partial charge in [0.05, 0.1) is 5.54 Å². The fourth-order valence-corrected chi connectivity index (χ4v) is 2.36. The highest BCUT2D eigenvalue weighted by Crippen LogP contribution is 2.18. The summed E-state index contributed by atoms with van der Waals surface area (Å²) in [6.07, 6.45) is 0. The molecular formula is C18H21Cl5N2O2. The van der Waals surface area contributed by atoms with Gasteiger partial charge in [-0.1, -0.05) is 29.3 Å². The highest BCUT2D eigenvalue weighted by molar-refractivity contribution is 6.31. The molecule has 0 aliphatic rings. The Kier molecular flexibility index (Phi) is 12.1. The molecule has 0 saturated carbocycles. The molecule has 0 spiro atoms. The van der Waals surface area contributed by atoms with Crippen molar-refractivity contribution in [1.82, 2.24) is 10.4 Å². The molecule has 0 saturated heterocycles. The minimum atomic E-state index is -0.624. The van der Waals surface area contributed by atoms with Crippen LogP contribution in [-0.4, -0.2) is 22.4 Å². The van der Waals surface area contributed by atoms with Gasteiger partial charge in [-0.2, -0.15) is 0 Å². The van der Waals surface area contributed by atoms with Crippen molar-refractivity contribution in [3.8, 4) is 0 Å². The van der Waals surface area contributed by atoms with Crippen LogP contribution in [0.3, 0.4) is 0 Å². The maximum atomic E-state index is 12.8. The minimum absolute atomic E-state index is 0. The fourth-order valence-electron chi connectivity index (χ4n) is 2.04. The molecule has 4 nitrogen and oxygen atoms in total. The summed E-state index contributed by atoms with van der Waals surface area (Å²) < 4.78 is 0. The Hall–Kier alpha value is -1.17. The number of carbonyl (C=O) groups excluding carboxylic acids is 2. The maximum Gasteiger partial charge on any atom is 0.272 e. The van der Waals surface area contributed by atoms with Gasteiger partial charge < -0.3 is 0 Å². The monoisotopic (exact) mass is 472 g/mol. The van der Waals surface area contributed by atoms with Crippen molar-refractivity contribution in [2.45, 2.75) is 26.3 Å². The Morgan fingerprint density at radius 3 is 1.89 bits per heavy atom. The Bertz CT molecular complexity index is 761. The summed E-state index contributed by atoms with van der Waals surface area (Å²) in [7, 11) is 0. The fraction of sp³-hybridized carbons (Fsp3) is 0.222. The zero-order valence-electron chi connectivity index (χ0n) is 14.9. The highest BCUT2D eigenvalue weighted by atomic mass is 35.5. The molecular weight excluding hydrogens is 453 g/mol. The molecule has 2 aromatic carbocycles. The lowest BCUT2D eigenvalue weighted by Crippen LogP contribution is -2.55. The topological polar surface area (TPSA) is 49.4 Å². The number of hydrazine groups is 1. The van der Waals surface area contributed by atoms with E-state index in [4.69, 9.17) is 23.2 Å². The number of nitrogens with one attached hydrogen (secondary N) is 1. The van der Waals surface area contributed by atoms with Gasteiger partial charge in [-0.25, -0.2) is 5.01 Å². The normalized spacial score (nSPS) is 9.81. The second-order valence-electron chi connectivity index (χ2n) is 6.27. The van der Waals surface area contributed by atoms with Crippen LogP contribution in [0.5, 0.6) is 0 Å². The van der Waals surface area contributed by atoms with Crippen molar-refractivity contribution in [1.29, 1.82) is 0 Å². The van der Waals surface area contributed by atoms with Crippen LogP contribution < -0.4 is 5.43 Å². The molecule has 0 heterocycles. The molecule has 0 unspecified atom stereocenters. The second kappa shape index (κ2) is 11.6. The predicted molar refractivity (Wildman–Crippen MR) is 118 cm³/mol. The van der Waals surface area contributed by atoms with Gasteiger partial charge in [0.25, 0.3) is 11.8 Å². The zero-order chi connectivity index (χ0) is 17.9. The van der Waals surface area contributed by atoms with Crippen LogP contribution >= 0.6 is 60.4 Å². The van der Waals surface area contributed by atoms with E-state index in [1.54, 1.807) is 48.5 Å². The lowest BCUT2D eigenvalue weighted by Gasteiger charge is -2.35. The van der Waals surface area contributed by atoms with Crippen LogP contribution in [0.2, 0.25) is 10.0 Å². The van der Waals surface area contributed by atoms with Crippen molar-refractivity contribution in [3.63, 3.8) is 0 Å². The quantitative estimate of drug-likeness (QED) is 0.556. The molecule has 2 rings (SSSR count). The molecule has 2 amide bonds. The summed E-state index contributed by atoms with van der Waals surface area (Å²) in [5.74, 6) is -0.732. The van der Waals surface area contributed by atoms with E-state index in [2.05, 4.69) is 5.43 Å². The first-order chi connectivity index (χ1) is 11.2. The standard InChI is InChI=1S/C18H18Cl2N2O2.3ClH/c1-18(2,3)22(17(24)13-5-4-6-15(20)11-13)21-16(23)12-7-9-14(19)10-8-12;;;/h4-11H,1-3H3,(H,21,23);3*1H. The number of nitrogens with zero attached hydrogens (tertiary/aromatic N) is 1. The Labute approximate surface area is 187 Å². The van der Waals surface area contributed by atoms with Crippen molar-refractivity contribution in [2.75, 3.05) is 0 Å². The first-order valence-corrected chi connectivity index (χ1v) is 8.11. The molecule has 9 heteroatoms. The average molecular weight is 475 g/mol. The summed E-state index contributed by atoms with van der Waals surface area (Å²) >= 11 is 11.8. The van der Waals surface area contributed by atoms with Crippen molar-refractivity contribution >= 4 is 72.2 Å². The summed E-state index contributed by atoms with van der Waals surface area (Å²) in [4.78, 5) is 25.2. The molecule has 0 aromatic heterocycles. The molecule has 0 atom stereocenters. The maximum absolute atomic E-state index is 12.8. The third-order valence-corrected chi connectivity index (χ3v) is 3.75. The second-order valence-corrected chi connectivity index (χ2v) is 7.14. The van der Waals surface area contributed by atoms with Crippen molar-refractivity contribution < 1.29 is 9.59 Å². The molecule has 2 aromatic rings. The van der Waals surface area contributed by atoms with Crippen LogP contribution in [0.15, 0.2) is 48.5 Å². The van der Waals surface area contributed by atoms with E-state index >= 15 is 0 Å². The van der Waals surface area contributed by atoms with E-state index in [9.17, 15) is 9.59 Å². The molecule has 0 fully saturated rings. The van der Waals surface area contributed by atoms with Crippen LogP contribution in [-0.2, 0) is 0 Å². The summed E-state index contributed by atoms with van der Waals surface area (Å²) in [6.45, 7) is 5.49. The van der Waals surface area contributed by atoms with Gasteiger partial charge in [-0.15, -0.1) is 37.2 Å². The lowest BCUT2D eigenvalue weighted by atomic mass is 10.1. The van der Waals surface area contributed by atoms with Gasteiger partial charge >= 0.3 is 0 Å². The molecule has 27 heavy (non-hydrogen) atoms. The molecule has 0 aliphatic carbocycles. The number of rotatable bonds is 2. The van der Waals surface area contributed by atoms with E-state index in [-0.39, 0.29) is 43.1 Å². The average Bonchev–Trinajstić information content (AvgIpc) is 2.51. The third kappa shape index (κ3) is 7.76. The van der Waals surface area contributed by atoms with Crippen LogP contribution in [0.4, 0.5) is 0 Å². The van der Waals surface area contributed by atoms with E-state index in [0.717, 1.165) is 0 Å². The van der Waals surface area contributed by atoms with Gasteiger partial charge in [0, 0.05) is 21.2 Å². The molecule has 150 valence electrons. The van der Waals surface area contributed by atoms with Gasteiger partial charge in [0.2, 0.25) is 0 Å². The van der Waals surface area contributed by atoms with Crippen LogP contribution in [0, 0.1) is 0 Å². The number of hydrogen-bond donors (Lipinski definition) is 1. The summed E-state index contributed by atoms with van der Waals surface area (Å²) in [5.41, 5.74) is 2.85. The van der Waals surface area contributed by atoms with Crippen LogP contribution in [0.1, 0.15) is 41.5 Å². The SMILES string of the molecule is CC(C)(C)N(NC(=O)c1ccc(Cl)cc1)C(=O)c1cccc(Cl)c1.Cl.Cl.Cl. The van der Waals surface area contributed by atoms with Crippen LogP contribution in [0.25, 0.3) is 0 Å². The predicted octanol–water partition coefficient (Wildman–Crippen LogP) is 5.84. The van der Waals surface area contributed by atoms with E-state index in [1.807, 2.05) is 20.8 Å². The largest absolute Gasteiger partial charge is 0.272 e. The van der Waals surface area contributed by atoms with Gasteiger partial charge in [-0.05, 0) is 63.2 Å². The van der Waals surface area contributed by atoms with Gasteiger partial charge in [0.15, 0.2) is 0 Å². The molecule has 0 aliphatic heterocycles. The minimum Gasteiger partial charge on any atom is -0.267 e. The van der Waals surface area contributed by atoms with Gasteiger partial charge in [-0.3, -0.25) is 15.0 Å². The zero-order valence-corrected chi connectivity index (χ0v) is 18.8. The summed E-state index contributed by atoms with van der Waals surface area (Å²) in [6, 6.07) is 13.0.